The molecule has 2 heteroatoms. The van der Waals surface area contributed by atoms with Crippen molar-refractivity contribution in [2.45, 2.75) is 58.6 Å². The first kappa shape index (κ1) is 16.2. The van der Waals surface area contributed by atoms with E-state index in [1.807, 2.05) is 27.9 Å². The van der Waals surface area contributed by atoms with Gasteiger partial charge in [-0.25, -0.2) is 0 Å². The number of hydrogen-bond acceptors (Lipinski definition) is 2. The third kappa shape index (κ3) is 3.80. The van der Waals surface area contributed by atoms with Crippen molar-refractivity contribution in [2.24, 2.45) is 0 Å². The first-order chi connectivity index (χ1) is 8.44. The summed E-state index contributed by atoms with van der Waals surface area (Å²) < 4.78 is 0. The van der Waals surface area contributed by atoms with Crippen LogP contribution in [0.3, 0.4) is 0 Å². The average Bonchev–Trinajstić information content (AvgIpc) is 2.16. The van der Waals surface area contributed by atoms with Crippen LogP contribution in [0.1, 0.15) is 57.4 Å². The molecule has 0 spiro atoms. The summed E-state index contributed by atoms with van der Waals surface area (Å²) in [5.74, 6) is 0. The summed E-state index contributed by atoms with van der Waals surface area (Å²) in [6.45, 7) is 12.5. The van der Waals surface area contributed by atoms with E-state index in [4.69, 9.17) is 0 Å². The molecule has 0 saturated carbocycles. The van der Waals surface area contributed by atoms with Gasteiger partial charge in [0.05, 0.1) is 11.6 Å². The summed E-state index contributed by atoms with van der Waals surface area (Å²) in [5, 5.41) is 10.5. The monoisotopic (exact) mass is 263 g/mol. The van der Waals surface area contributed by atoms with E-state index >= 15 is 0 Å². The fraction of sp³-hybridized carbons (Fsp3) is 0.647. The van der Waals surface area contributed by atoms with Crippen LogP contribution in [-0.2, 0) is 5.41 Å². The minimum atomic E-state index is -0.773. The van der Waals surface area contributed by atoms with Crippen LogP contribution < -0.4 is 0 Å². The number of benzene rings is 1. The molecule has 0 aliphatic rings. The van der Waals surface area contributed by atoms with Crippen LogP contribution in [0.4, 0.5) is 0 Å². The van der Waals surface area contributed by atoms with Crippen LogP contribution in [0, 0.1) is 6.92 Å². The fourth-order valence-electron chi connectivity index (χ4n) is 2.69. The summed E-state index contributed by atoms with van der Waals surface area (Å²) in [6.07, 6.45) is 0. The van der Waals surface area contributed by atoms with Crippen molar-refractivity contribution in [3.8, 4) is 0 Å². The van der Waals surface area contributed by atoms with Gasteiger partial charge in [-0.05, 0) is 57.0 Å². The Kier molecular flexibility index (Phi) is 4.48. The highest BCUT2D eigenvalue weighted by molar-refractivity contribution is 5.37. The van der Waals surface area contributed by atoms with Gasteiger partial charge in [-0.3, -0.25) is 4.90 Å². The molecular weight excluding hydrogens is 234 g/mol. The predicted molar refractivity (Wildman–Crippen MR) is 82.6 cm³/mol. The Morgan fingerprint density at radius 1 is 1.05 bits per heavy atom. The molecule has 1 aromatic carbocycles. The lowest BCUT2D eigenvalue weighted by molar-refractivity contribution is -0.00348. The Bertz CT molecular complexity index is 436. The van der Waals surface area contributed by atoms with Gasteiger partial charge in [-0.15, -0.1) is 0 Å². The van der Waals surface area contributed by atoms with E-state index in [9.17, 15) is 5.11 Å². The molecule has 1 atom stereocenters. The molecule has 0 fully saturated rings. The summed E-state index contributed by atoms with van der Waals surface area (Å²) in [6, 6.07) is 6.60. The van der Waals surface area contributed by atoms with Crippen molar-refractivity contribution >= 4 is 0 Å². The average molecular weight is 263 g/mol. The maximum Gasteiger partial charge on any atom is 0.0787 e. The lowest BCUT2D eigenvalue weighted by Crippen LogP contribution is -2.39. The van der Waals surface area contributed by atoms with Crippen molar-refractivity contribution < 1.29 is 5.11 Å². The quantitative estimate of drug-likeness (QED) is 0.899. The highest BCUT2D eigenvalue weighted by Gasteiger charge is 2.32. The molecule has 0 amide bonds. The third-order valence-electron chi connectivity index (χ3n) is 3.63. The predicted octanol–water partition coefficient (Wildman–Crippen LogP) is 3.67. The summed E-state index contributed by atoms with van der Waals surface area (Å²) in [5.41, 5.74) is 3.10. The van der Waals surface area contributed by atoms with Gasteiger partial charge in [-0.1, -0.05) is 39.0 Å². The number of hydrogen-bond donors (Lipinski definition) is 1. The van der Waals surface area contributed by atoms with Crippen LogP contribution in [0.2, 0.25) is 0 Å². The minimum Gasteiger partial charge on any atom is -0.388 e. The van der Waals surface area contributed by atoms with Crippen molar-refractivity contribution in [1.29, 1.82) is 0 Å². The molecule has 1 unspecified atom stereocenters. The van der Waals surface area contributed by atoms with Gasteiger partial charge in [0.1, 0.15) is 0 Å². The number of nitrogens with zero attached hydrogens (tertiary/aromatic N) is 1. The summed E-state index contributed by atoms with van der Waals surface area (Å²) in [7, 11) is 4.04. The standard InChI is InChI=1S/C17H29NO/c1-12-9-10-13(16(2,3)4)11-14(12)15(18(7)8)17(5,6)19/h9-11,15,19H,1-8H3. The summed E-state index contributed by atoms with van der Waals surface area (Å²) >= 11 is 0. The van der Waals surface area contributed by atoms with E-state index in [0.717, 1.165) is 0 Å². The zero-order valence-electron chi connectivity index (χ0n) is 13.7. The smallest absolute Gasteiger partial charge is 0.0787 e. The number of rotatable bonds is 3. The first-order valence-electron chi connectivity index (χ1n) is 6.94. The SMILES string of the molecule is Cc1ccc(C(C)(C)C)cc1C(N(C)C)C(C)(C)O. The Balaban J connectivity index is 3.39. The van der Waals surface area contributed by atoms with Crippen LogP contribution in [0.5, 0.6) is 0 Å². The highest BCUT2D eigenvalue weighted by atomic mass is 16.3. The second-order valence-corrected chi connectivity index (χ2v) is 7.34. The molecule has 0 aliphatic carbocycles. The molecule has 19 heavy (non-hydrogen) atoms. The molecule has 1 N–H and O–H groups in total. The Morgan fingerprint density at radius 2 is 1.58 bits per heavy atom. The largest absolute Gasteiger partial charge is 0.388 e. The highest BCUT2D eigenvalue weighted by Crippen LogP contribution is 2.34. The van der Waals surface area contributed by atoms with Crippen LogP contribution in [0.25, 0.3) is 0 Å². The van der Waals surface area contributed by atoms with Crippen LogP contribution in [0.15, 0.2) is 18.2 Å². The van der Waals surface area contributed by atoms with Crippen LogP contribution >= 0.6 is 0 Å². The normalized spacial score (nSPS) is 14.8. The van der Waals surface area contributed by atoms with E-state index in [0.29, 0.717) is 0 Å². The van der Waals surface area contributed by atoms with Gasteiger partial charge in [0.15, 0.2) is 0 Å². The second-order valence-electron chi connectivity index (χ2n) is 7.34. The first-order valence-corrected chi connectivity index (χ1v) is 6.94. The fourth-order valence-corrected chi connectivity index (χ4v) is 2.69. The zero-order valence-corrected chi connectivity index (χ0v) is 13.7. The zero-order chi connectivity index (χ0) is 15.0. The van der Waals surface area contributed by atoms with Gasteiger partial charge in [0.25, 0.3) is 0 Å². The van der Waals surface area contributed by atoms with Gasteiger partial charge in [0.2, 0.25) is 0 Å². The maximum atomic E-state index is 10.5. The van der Waals surface area contributed by atoms with Gasteiger partial charge in [-0.2, -0.15) is 0 Å². The summed E-state index contributed by atoms with van der Waals surface area (Å²) in [4.78, 5) is 2.09. The van der Waals surface area contributed by atoms with Crippen LogP contribution in [-0.4, -0.2) is 29.7 Å². The number of aryl methyl sites for hydroxylation is 1. The molecule has 0 radical (unpaired) electrons. The van der Waals surface area contributed by atoms with Crippen molar-refractivity contribution in [1.82, 2.24) is 4.90 Å². The Morgan fingerprint density at radius 3 is 1.95 bits per heavy atom. The maximum absolute atomic E-state index is 10.5. The van der Waals surface area contributed by atoms with Crippen molar-refractivity contribution in [3.63, 3.8) is 0 Å². The van der Waals surface area contributed by atoms with E-state index in [2.05, 4.69) is 50.8 Å². The lowest BCUT2D eigenvalue weighted by Gasteiger charge is -2.36. The Hall–Kier alpha value is -0.860. The molecule has 108 valence electrons. The molecule has 0 saturated heterocycles. The molecule has 2 nitrogen and oxygen atoms in total. The van der Waals surface area contributed by atoms with E-state index in [1.54, 1.807) is 0 Å². The van der Waals surface area contributed by atoms with E-state index < -0.39 is 5.60 Å². The van der Waals surface area contributed by atoms with Gasteiger partial charge >= 0.3 is 0 Å². The van der Waals surface area contributed by atoms with Gasteiger partial charge in [0, 0.05) is 0 Å². The molecule has 1 rings (SSSR count). The van der Waals surface area contributed by atoms with Gasteiger partial charge < -0.3 is 5.11 Å². The number of likely N-dealkylation sites (N-methyl/N-ethyl adjacent to an activating group) is 1. The van der Waals surface area contributed by atoms with Crippen molar-refractivity contribution in [3.05, 3.63) is 34.9 Å². The molecule has 0 heterocycles. The molecule has 1 aromatic rings. The molecule has 0 aromatic heterocycles. The van der Waals surface area contributed by atoms with E-state index in [1.165, 1.54) is 16.7 Å². The third-order valence-corrected chi connectivity index (χ3v) is 3.63. The topological polar surface area (TPSA) is 23.5 Å². The minimum absolute atomic E-state index is 0.00481. The molecular formula is C17H29NO. The Labute approximate surface area is 118 Å². The number of aliphatic hydroxyl groups is 1. The van der Waals surface area contributed by atoms with Crippen molar-refractivity contribution in [2.75, 3.05) is 14.1 Å². The second kappa shape index (κ2) is 5.26. The molecule has 0 bridgehead atoms. The van der Waals surface area contributed by atoms with E-state index in [-0.39, 0.29) is 11.5 Å². The molecule has 0 aliphatic heterocycles. The lowest BCUT2D eigenvalue weighted by atomic mass is 9.81.